The number of nitrogens with zero attached hydrogens (tertiary/aromatic N) is 3. The number of carbonyl (C=O) groups excluding carboxylic acids is 2. The quantitative estimate of drug-likeness (QED) is 0.590. The van der Waals surface area contributed by atoms with Gasteiger partial charge in [-0.2, -0.15) is 0 Å². The highest BCUT2D eigenvalue weighted by Gasteiger charge is 2.46. The topological polar surface area (TPSA) is 65.5 Å². The molecular weight excluding hydrogens is 424 g/mol. The third-order valence-corrected chi connectivity index (χ3v) is 7.13. The van der Waals surface area contributed by atoms with Gasteiger partial charge in [-0.3, -0.25) is 19.5 Å². The zero-order chi connectivity index (χ0) is 23.4. The summed E-state index contributed by atoms with van der Waals surface area (Å²) in [6, 6.07) is 22.1. The summed E-state index contributed by atoms with van der Waals surface area (Å²) in [6.45, 7) is 3.61. The van der Waals surface area contributed by atoms with Crippen LogP contribution in [0.1, 0.15) is 46.3 Å². The first-order valence-electron chi connectivity index (χ1n) is 11.9. The van der Waals surface area contributed by atoms with Crippen molar-refractivity contribution < 1.29 is 9.59 Å². The van der Waals surface area contributed by atoms with Crippen LogP contribution in [0.5, 0.6) is 0 Å². The summed E-state index contributed by atoms with van der Waals surface area (Å²) in [7, 11) is 0. The molecule has 0 aliphatic carbocycles. The monoisotopic (exact) mass is 454 g/mol. The number of aromatic nitrogens is 1. The van der Waals surface area contributed by atoms with E-state index in [-0.39, 0.29) is 11.8 Å². The number of rotatable bonds is 7. The summed E-state index contributed by atoms with van der Waals surface area (Å²) >= 11 is 0. The lowest BCUT2D eigenvalue weighted by Gasteiger charge is -2.47. The third-order valence-electron chi connectivity index (χ3n) is 7.13. The maximum Gasteiger partial charge on any atom is 0.254 e. The summed E-state index contributed by atoms with van der Waals surface area (Å²) in [4.78, 5) is 35.0. The number of fused-ring (bicyclic) bond motifs is 1. The lowest BCUT2D eigenvalue weighted by Crippen LogP contribution is -2.57. The van der Waals surface area contributed by atoms with E-state index >= 15 is 0 Å². The van der Waals surface area contributed by atoms with Gasteiger partial charge in [0.25, 0.3) is 5.91 Å². The van der Waals surface area contributed by atoms with Gasteiger partial charge in [0.15, 0.2) is 0 Å². The first kappa shape index (κ1) is 22.3. The molecule has 3 heterocycles. The summed E-state index contributed by atoms with van der Waals surface area (Å²) in [5.41, 5.74) is 3.59. The number of pyridine rings is 1. The number of hydrogen-bond acceptors (Lipinski definition) is 4. The van der Waals surface area contributed by atoms with E-state index in [2.05, 4.69) is 39.5 Å². The highest BCUT2D eigenvalue weighted by Crippen LogP contribution is 2.38. The van der Waals surface area contributed by atoms with Crippen molar-refractivity contribution in [3.8, 4) is 0 Å². The molecule has 6 heteroatoms. The molecule has 1 N–H and O–H groups in total. The van der Waals surface area contributed by atoms with Crippen LogP contribution in [0.25, 0.3) is 0 Å². The molecule has 174 valence electrons. The maximum absolute atomic E-state index is 13.4. The van der Waals surface area contributed by atoms with E-state index in [0.29, 0.717) is 19.5 Å². The summed E-state index contributed by atoms with van der Waals surface area (Å²) < 4.78 is 0. The molecule has 0 bridgehead atoms. The molecular formula is C28H30N4O2. The zero-order valence-electron chi connectivity index (χ0n) is 19.3. The summed E-state index contributed by atoms with van der Waals surface area (Å²) in [5, 5.41) is 3.05. The standard InChI is InChI=1S/C28H30N4O2/c33-26(30-19-23-9-6-14-29-18-23)17-28(32-21-24-10-4-5-11-25(24)27(32)34)12-15-31(16-13-28)20-22-7-2-1-3-8-22/h1-11,14,18H,12-13,15-17,19-21H2,(H,30,33). The van der Waals surface area contributed by atoms with Gasteiger partial charge in [-0.15, -0.1) is 0 Å². The van der Waals surface area contributed by atoms with Crippen molar-refractivity contribution in [3.05, 3.63) is 101 Å². The average Bonchev–Trinajstić information content (AvgIpc) is 3.23. The van der Waals surface area contributed by atoms with Gasteiger partial charge in [-0.25, -0.2) is 0 Å². The van der Waals surface area contributed by atoms with Gasteiger partial charge in [0.1, 0.15) is 0 Å². The molecule has 0 atom stereocenters. The Hall–Kier alpha value is -3.51. The van der Waals surface area contributed by atoms with E-state index in [0.717, 1.165) is 49.2 Å². The number of piperidine rings is 1. The van der Waals surface area contributed by atoms with Crippen molar-refractivity contribution >= 4 is 11.8 Å². The third kappa shape index (κ3) is 4.73. The molecule has 2 aliphatic rings. The minimum Gasteiger partial charge on any atom is -0.352 e. The Morgan fingerprint density at radius 3 is 2.41 bits per heavy atom. The van der Waals surface area contributed by atoms with E-state index < -0.39 is 5.54 Å². The summed E-state index contributed by atoms with van der Waals surface area (Å²) in [6.07, 6.45) is 5.35. The molecule has 2 amide bonds. The van der Waals surface area contributed by atoms with Gasteiger partial charge in [0.2, 0.25) is 5.91 Å². The van der Waals surface area contributed by atoms with Gasteiger partial charge >= 0.3 is 0 Å². The smallest absolute Gasteiger partial charge is 0.254 e. The van der Waals surface area contributed by atoms with Gasteiger partial charge in [-0.05, 0) is 41.7 Å². The van der Waals surface area contributed by atoms with Crippen LogP contribution in [0, 0.1) is 0 Å². The zero-order valence-corrected chi connectivity index (χ0v) is 19.3. The minimum atomic E-state index is -0.484. The molecule has 0 radical (unpaired) electrons. The molecule has 0 spiro atoms. The number of amides is 2. The Balaban J connectivity index is 1.31. The van der Waals surface area contributed by atoms with Crippen LogP contribution in [0.15, 0.2) is 79.1 Å². The predicted octanol–water partition coefficient (Wildman–Crippen LogP) is 3.78. The number of benzene rings is 2. The van der Waals surface area contributed by atoms with E-state index in [9.17, 15) is 9.59 Å². The van der Waals surface area contributed by atoms with Crippen LogP contribution in [0.4, 0.5) is 0 Å². The molecule has 0 unspecified atom stereocenters. The molecule has 2 aromatic carbocycles. The maximum atomic E-state index is 13.4. The largest absolute Gasteiger partial charge is 0.352 e. The Labute approximate surface area is 200 Å². The van der Waals surface area contributed by atoms with Crippen LogP contribution < -0.4 is 5.32 Å². The van der Waals surface area contributed by atoms with Crippen LogP contribution in [0.2, 0.25) is 0 Å². The number of nitrogens with one attached hydrogen (secondary N) is 1. The van der Waals surface area contributed by atoms with Crippen LogP contribution >= 0.6 is 0 Å². The van der Waals surface area contributed by atoms with Gasteiger partial charge in [0.05, 0.1) is 12.0 Å². The first-order valence-corrected chi connectivity index (χ1v) is 11.9. The SMILES string of the molecule is O=C(CC1(N2Cc3ccccc3C2=O)CCN(Cc2ccccc2)CC1)NCc1cccnc1. The van der Waals surface area contributed by atoms with Crippen molar-refractivity contribution in [1.29, 1.82) is 0 Å². The van der Waals surface area contributed by atoms with E-state index in [1.807, 2.05) is 47.4 Å². The highest BCUT2D eigenvalue weighted by atomic mass is 16.2. The Morgan fingerprint density at radius 2 is 1.68 bits per heavy atom. The van der Waals surface area contributed by atoms with Crippen molar-refractivity contribution in [3.63, 3.8) is 0 Å². The fourth-order valence-corrected chi connectivity index (χ4v) is 5.21. The van der Waals surface area contributed by atoms with Gasteiger partial charge in [0, 0.05) is 50.7 Å². The van der Waals surface area contributed by atoms with Gasteiger partial charge in [-0.1, -0.05) is 54.6 Å². The normalized spacial score (nSPS) is 17.4. The molecule has 0 saturated carbocycles. The van der Waals surface area contributed by atoms with Crippen LogP contribution in [-0.4, -0.2) is 45.2 Å². The molecule has 34 heavy (non-hydrogen) atoms. The fourth-order valence-electron chi connectivity index (χ4n) is 5.21. The number of carbonyl (C=O) groups is 2. The van der Waals surface area contributed by atoms with E-state index in [4.69, 9.17) is 0 Å². The van der Waals surface area contributed by atoms with Gasteiger partial charge < -0.3 is 10.2 Å². The number of hydrogen-bond donors (Lipinski definition) is 1. The van der Waals surface area contributed by atoms with E-state index in [1.165, 1.54) is 5.56 Å². The van der Waals surface area contributed by atoms with Crippen molar-refractivity contribution in [1.82, 2.24) is 20.1 Å². The van der Waals surface area contributed by atoms with Crippen LogP contribution in [-0.2, 0) is 24.4 Å². The average molecular weight is 455 g/mol. The molecule has 2 aliphatic heterocycles. The Morgan fingerprint density at radius 1 is 0.941 bits per heavy atom. The predicted molar refractivity (Wildman–Crippen MR) is 131 cm³/mol. The Kier molecular flexibility index (Phi) is 6.41. The molecule has 1 saturated heterocycles. The van der Waals surface area contributed by atoms with Crippen molar-refractivity contribution in [2.75, 3.05) is 13.1 Å². The first-order chi connectivity index (χ1) is 16.6. The minimum absolute atomic E-state index is 0.0240. The van der Waals surface area contributed by atoms with E-state index in [1.54, 1.807) is 12.4 Å². The van der Waals surface area contributed by atoms with Crippen molar-refractivity contribution in [2.45, 2.75) is 44.4 Å². The number of likely N-dealkylation sites (tertiary alicyclic amines) is 1. The fraction of sp³-hybridized carbons (Fsp3) is 0.321. The Bertz CT molecular complexity index is 1140. The van der Waals surface area contributed by atoms with Crippen LogP contribution in [0.3, 0.4) is 0 Å². The molecule has 5 rings (SSSR count). The molecule has 3 aromatic rings. The molecule has 1 aromatic heterocycles. The molecule has 6 nitrogen and oxygen atoms in total. The lowest BCUT2D eigenvalue weighted by atomic mass is 9.82. The second kappa shape index (κ2) is 9.77. The second-order valence-corrected chi connectivity index (χ2v) is 9.35. The summed E-state index contributed by atoms with van der Waals surface area (Å²) in [5.74, 6) is 0.0243. The van der Waals surface area contributed by atoms with Crippen molar-refractivity contribution in [2.24, 2.45) is 0 Å². The molecule has 1 fully saturated rings. The highest BCUT2D eigenvalue weighted by molar-refractivity contribution is 5.99. The second-order valence-electron chi connectivity index (χ2n) is 9.35. The lowest BCUT2D eigenvalue weighted by molar-refractivity contribution is -0.125.